The van der Waals surface area contributed by atoms with Crippen LogP contribution in [0.2, 0.25) is 0 Å². The fraction of sp³-hybridized carbons (Fsp3) is 0.647. The Balaban J connectivity index is 1.80. The minimum absolute atomic E-state index is 0.0644. The summed E-state index contributed by atoms with van der Waals surface area (Å²) >= 11 is 0. The smallest absolute Gasteiger partial charge is 0.363 e. The Morgan fingerprint density at radius 2 is 1.97 bits per heavy atom. The lowest BCUT2D eigenvalue weighted by Gasteiger charge is -2.31. The maximum atomic E-state index is 12.6. The summed E-state index contributed by atoms with van der Waals surface area (Å²) in [5, 5.41) is 6.34. The number of halogens is 3. The van der Waals surface area contributed by atoms with Crippen LogP contribution in [0, 0.1) is 5.92 Å². The van der Waals surface area contributed by atoms with Crippen LogP contribution in [0.5, 0.6) is 0 Å². The van der Waals surface area contributed by atoms with E-state index < -0.39 is 15.5 Å². The van der Waals surface area contributed by atoms with Crippen LogP contribution in [0.15, 0.2) is 23.3 Å². The predicted molar refractivity (Wildman–Crippen MR) is 106 cm³/mol. The van der Waals surface area contributed by atoms with Gasteiger partial charge in [-0.1, -0.05) is 0 Å². The molecule has 29 heavy (non-hydrogen) atoms. The summed E-state index contributed by atoms with van der Waals surface area (Å²) < 4.78 is 61.3. The average Bonchev–Trinajstić information content (AvgIpc) is 2.67. The monoisotopic (exact) mass is 436 g/mol. The molecule has 2 N–H and O–H groups in total. The van der Waals surface area contributed by atoms with E-state index >= 15 is 0 Å². The molecule has 0 spiro atoms. The summed E-state index contributed by atoms with van der Waals surface area (Å²) in [7, 11) is 0.207. The molecule has 1 fully saturated rings. The zero-order valence-corrected chi connectivity index (χ0v) is 17.5. The van der Waals surface area contributed by atoms with Crippen LogP contribution >= 0.6 is 0 Å². The van der Waals surface area contributed by atoms with E-state index in [0.29, 0.717) is 36.2 Å². The first-order valence-electron chi connectivity index (χ1n) is 9.17. The molecule has 0 saturated carbocycles. The number of nitrogens with zero attached hydrogens (tertiary/aromatic N) is 4. The number of anilines is 1. The Bertz CT molecular complexity index is 806. The van der Waals surface area contributed by atoms with Crippen molar-refractivity contribution in [1.82, 2.24) is 19.9 Å². The molecule has 0 aliphatic carbocycles. The molecule has 1 aliphatic heterocycles. The van der Waals surface area contributed by atoms with E-state index in [9.17, 15) is 21.6 Å². The summed E-state index contributed by atoms with van der Waals surface area (Å²) in [4.78, 5) is 10.3. The molecule has 0 atom stereocenters. The van der Waals surface area contributed by atoms with Crippen LogP contribution in [0.1, 0.15) is 18.4 Å². The highest BCUT2D eigenvalue weighted by Crippen LogP contribution is 2.30. The van der Waals surface area contributed by atoms with Gasteiger partial charge in [0.1, 0.15) is 5.82 Å². The molecule has 0 aromatic carbocycles. The van der Waals surface area contributed by atoms with Crippen LogP contribution < -0.4 is 15.5 Å². The third-order valence-corrected chi connectivity index (χ3v) is 6.35. The van der Waals surface area contributed by atoms with Gasteiger partial charge in [-0.25, -0.2) is 13.4 Å². The molecule has 2 heterocycles. The lowest BCUT2D eigenvalue weighted by molar-refractivity contribution is -0.0496. The molecule has 8 nitrogen and oxygen atoms in total. The summed E-state index contributed by atoms with van der Waals surface area (Å²) in [6.45, 7) is 0.763. The molecule has 2 rings (SSSR count). The first-order chi connectivity index (χ1) is 13.5. The predicted octanol–water partition coefficient (Wildman–Crippen LogP) is 1.37. The number of piperidine rings is 1. The molecule has 0 amide bonds. The number of sulfonamides is 1. The summed E-state index contributed by atoms with van der Waals surface area (Å²) in [6, 6.07) is 3.85. The topological polar surface area (TPSA) is 89.9 Å². The van der Waals surface area contributed by atoms with Gasteiger partial charge < -0.3 is 15.5 Å². The van der Waals surface area contributed by atoms with Crippen molar-refractivity contribution >= 4 is 21.8 Å². The van der Waals surface area contributed by atoms with Crippen molar-refractivity contribution in [2.24, 2.45) is 10.9 Å². The van der Waals surface area contributed by atoms with E-state index in [1.807, 2.05) is 31.1 Å². The molecule has 1 aromatic rings. The van der Waals surface area contributed by atoms with Crippen molar-refractivity contribution in [3.8, 4) is 0 Å². The minimum Gasteiger partial charge on any atom is -0.363 e. The number of guanidine groups is 1. The molecule has 164 valence electrons. The Labute approximate surface area is 169 Å². The number of aliphatic imine (C=N–C) groups is 1. The Morgan fingerprint density at radius 1 is 1.31 bits per heavy atom. The minimum atomic E-state index is -5.25. The second kappa shape index (κ2) is 9.61. The molecular formula is C17H27F3N6O2S. The summed E-state index contributed by atoms with van der Waals surface area (Å²) in [5.41, 5.74) is -4.22. The zero-order chi connectivity index (χ0) is 21.7. The normalized spacial score (nSPS) is 17.2. The number of alkyl halides is 3. The molecule has 0 unspecified atom stereocenters. The van der Waals surface area contributed by atoms with Crippen LogP contribution in [-0.4, -0.2) is 70.0 Å². The first-order valence-corrected chi connectivity index (χ1v) is 10.6. The SMILES string of the molecule is CN=C(NCc1ccnc(N(C)C)c1)NCC1CCN(S(=O)(=O)C(F)(F)F)CC1. The number of hydrogen-bond donors (Lipinski definition) is 2. The standard InChI is InChI=1S/C17H27F3N6O2S/c1-21-16(24-12-14-4-7-22-15(10-14)25(2)3)23-11-13-5-8-26(9-6-13)29(27,28)17(18,19)20/h4,7,10,13H,5-6,8-9,11-12H2,1-3H3,(H2,21,23,24). The molecule has 1 aliphatic rings. The fourth-order valence-electron chi connectivity index (χ4n) is 2.96. The summed E-state index contributed by atoms with van der Waals surface area (Å²) in [6.07, 6.45) is 2.44. The van der Waals surface area contributed by atoms with Crippen molar-refractivity contribution in [2.75, 3.05) is 45.7 Å². The van der Waals surface area contributed by atoms with Gasteiger partial charge in [-0.05, 0) is 36.5 Å². The molecule has 0 bridgehead atoms. The van der Waals surface area contributed by atoms with Crippen molar-refractivity contribution < 1.29 is 21.6 Å². The van der Waals surface area contributed by atoms with Crippen molar-refractivity contribution in [1.29, 1.82) is 0 Å². The number of hydrogen-bond acceptors (Lipinski definition) is 5. The van der Waals surface area contributed by atoms with Crippen LogP contribution in [0.25, 0.3) is 0 Å². The van der Waals surface area contributed by atoms with Gasteiger partial charge in [-0.3, -0.25) is 4.99 Å². The fourth-order valence-corrected chi connectivity index (χ4v) is 3.95. The van der Waals surface area contributed by atoms with Gasteiger partial charge in [0.2, 0.25) is 0 Å². The lowest BCUT2D eigenvalue weighted by atomic mass is 9.98. The van der Waals surface area contributed by atoms with Crippen LogP contribution in [0.4, 0.5) is 19.0 Å². The Hall–Kier alpha value is -2.08. The number of nitrogens with one attached hydrogen (secondary N) is 2. The van der Waals surface area contributed by atoms with Crippen molar-refractivity contribution in [3.05, 3.63) is 23.9 Å². The maximum absolute atomic E-state index is 12.6. The molecule has 1 saturated heterocycles. The highest BCUT2D eigenvalue weighted by atomic mass is 32.2. The van der Waals surface area contributed by atoms with E-state index in [1.165, 1.54) is 0 Å². The third-order valence-electron chi connectivity index (χ3n) is 4.72. The van der Waals surface area contributed by atoms with Gasteiger partial charge >= 0.3 is 15.5 Å². The van der Waals surface area contributed by atoms with Crippen molar-refractivity contribution in [3.63, 3.8) is 0 Å². The third kappa shape index (κ3) is 6.20. The second-order valence-corrected chi connectivity index (χ2v) is 8.95. The Kier molecular flexibility index (Phi) is 7.69. The van der Waals surface area contributed by atoms with E-state index in [1.54, 1.807) is 13.2 Å². The number of pyridine rings is 1. The molecule has 1 aromatic heterocycles. The van der Waals surface area contributed by atoms with Crippen molar-refractivity contribution in [2.45, 2.75) is 24.9 Å². The van der Waals surface area contributed by atoms with Crippen LogP contribution in [-0.2, 0) is 16.6 Å². The molecular weight excluding hydrogens is 409 g/mol. The van der Waals surface area contributed by atoms with Gasteiger partial charge in [0, 0.05) is 53.5 Å². The van der Waals surface area contributed by atoms with E-state index in [-0.39, 0.29) is 19.0 Å². The summed E-state index contributed by atoms with van der Waals surface area (Å²) in [5.74, 6) is 1.47. The lowest BCUT2D eigenvalue weighted by Crippen LogP contribution is -2.47. The van der Waals surface area contributed by atoms with Gasteiger partial charge in [0.25, 0.3) is 0 Å². The van der Waals surface area contributed by atoms with Gasteiger partial charge in [0.15, 0.2) is 5.96 Å². The average molecular weight is 437 g/mol. The second-order valence-electron chi connectivity index (χ2n) is 7.02. The zero-order valence-electron chi connectivity index (χ0n) is 16.7. The number of rotatable bonds is 6. The van der Waals surface area contributed by atoms with E-state index in [2.05, 4.69) is 20.6 Å². The van der Waals surface area contributed by atoms with E-state index in [4.69, 9.17) is 0 Å². The molecule has 0 radical (unpaired) electrons. The van der Waals surface area contributed by atoms with Crippen LogP contribution in [0.3, 0.4) is 0 Å². The van der Waals surface area contributed by atoms with E-state index in [0.717, 1.165) is 11.4 Å². The highest BCUT2D eigenvalue weighted by molar-refractivity contribution is 7.90. The Morgan fingerprint density at radius 3 is 2.52 bits per heavy atom. The van der Waals surface area contributed by atoms with Gasteiger partial charge in [0.05, 0.1) is 0 Å². The largest absolute Gasteiger partial charge is 0.511 e. The quantitative estimate of drug-likeness (QED) is 0.517. The van der Waals surface area contributed by atoms with Gasteiger partial charge in [-0.2, -0.15) is 17.5 Å². The van der Waals surface area contributed by atoms with Gasteiger partial charge in [-0.15, -0.1) is 0 Å². The number of aromatic nitrogens is 1. The molecule has 12 heteroatoms. The first kappa shape index (κ1) is 23.2. The highest BCUT2D eigenvalue weighted by Gasteiger charge is 2.50. The maximum Gasteiger partial charge on any atom is 0.511 e.